The summed E-state index contributed by atoms with van der Waals surface area (Å²) in [5.41, 5.74) is 2.00. The van der Waals surface area contributed by atoms with E-state index in [1.165, 1.54) is 6.07 Å². The van der Waals surface area contributed by atoms with Crippen LogP contribution < -0.4 is 0 Å². The van der Waals surface area contributed by atoms with E-state index in [0.717, 1.165) is 24.8 Å². The normalized spacial score (nSPS) is 23.7. The summed E-state index contributed by atoms with van der Waals surface area (Å²) >= 11 is 0. The zero-order chi connectivity index (χ0) is 16.1. The molecule has 1 unspecified atom stereocenters. The number of hydrogen-bond donors (Lipinski definition) is 1. The van der Waals surface area contributed by atoms with Gasteiger partial charge in [-0.2, -0.15) is 0 Å². The fourth-order valence-electron chi connectivity index (χ4n) is 4.10. The smallest absolute Gasteiger partial charge is 0.188 e. The van der Waals surface area contributed by atoms with Crippen molar-refractivity contribution in [2.75, 3.05) is 0 Å². The van der Waals surface area contributed by atoms with E-state index in [-0.39, 0.29) is 11.2 Å². The number of Topliss-reactive ketones (excluding diaryl/α,β-unsaturated/α-hetero) is 1. The van der Waals surface area contributed by atoms with Crippen molar-refractivity contribution in [3.63, 3.8) is 0 Å². The molecule has 0 radical (unpaired) electrons. The number of carbonyl (C=O) groups excluding carboxylic acids is 1. The van der Waals surface area contributed by atoms with Gasteiger partial charge < -0.3 is 5.11 Å². The molecule has 0 heterocycles. The standard InChI is InChI=1S/C18H20F2O2/c1-3-4-6-18-7-5-14(21)10(2)15(18)11-8-13(19)17(22)16(20)12(11)9-18/h8,22H,3-7,9H2,1-2H3. The number of ketones is 1. The maximum absolute atomic E-state index is 14.3. The van der Waals surface area contributed by atoms with Crippen LogP contribution in [0.1, 0.15) is 57.1 Å². The molecule has 1 aromatic rings. The highest BCUT2D eigenvalue weighted by atomic mass is 19.1. The summed E-state index contributed by atoms with van der Waals surface area (Å²) in [6.45, 7) is 3.85. The van der Waals surface area contributed by atoms with Crippen molar-refractivity contribution in [3.05, 3.63) is 34.4 Å². The number of hydrogen-bond acceptors (Lipinski definition) is 2. The summed E-state index contributed by atoms with van der Waals surface area (Å²) < 4.78 is 28.1. The maximum Gasteiger partial charge on any atom is 0.188 e. The number of carbonyl (C=O) groups is 1. The number of aromatic hydroxyl groups is 1. The van der Waals surface area contributed by atoms with Gasteiger partial charge in [-0.05, 0) is 49.0 Å². The van der Waals surface area contributed by atoms with Crippen LogP contribution in [-0.4, -0.2) is 10.9 Å². The van der Waals surface area contributed by atoms with Crippen molar-refractivity contribution >= 4 is 11.4 Å². The Morgan fingerprint density at radius 1 is 1.36 bits per heavy atom. The third-order valence-corrected chi connectivity index (χ3v) is 5.24. The highest BCUT2D eigenvalue weighted by Gasteiger charge is 2.47. The van der Waals surface area contributed by atoms with E-state index in [2.05, 4.69) is 6.92 Å². The van der Waals surface area contributed by atoms with E-state index in [0.29, 0.717) is 36.0 Å². The van der Waals surface area contributed by atoms with Gasteiger partial charge in [0.2, 0.25) is 0 Å². The second-order valence-electron chi connectivity index (χ2n) is 6.53. The summed E-state index contributed by atoms with van der Waals surface area (Å²) in [6, 6.07) is 1.19. The van der Waals surface area contributed by atoms with Crippen molar-refractivity contribution < 1.29 is 18.7 Å². The number of halogens is 2. The molecule has 1 atom stereocenters. The van der Waals surface area contributed by atoms with Crippen LogP contribution in [-0.2, 0) is 11.2 Å². The second-order valence-corrected chi connectivity index (χ2v) is 6.53. The molecule has 2 nitrogen and oxygen atoms in total. The van der Waals surface area contributed by atoms with Crippen LogP contribution in [0.25, 0.3) is 5.57 Å². The van der Waals surface area contributed by atoms with Crippen molar-refractivity contribution in [1.29, 1.82) is 0 Å². The summed E-state index contributed by atoms with van der Waals surface area (Å²) in [5, 5.41) is 9.55. The monoisotopic (exact) mass is 306 g/mol. The van der Waals surface area contributed by atoms with Crippen molar-refractivity contribution in [2.24, 2.45) is 5.41 Å². The third kappa shape index (κ3) is 2.00. The van der Waals surface area contributed by atoms with Crippen LogP contribution in [0.5, 0.6) is 5.75 Å². The van der Waals surface area contributed by atoms with Gasteiger partial charge in [0.05, 0.1) is 0 Å². The first-order valence-electron chi connectivity index (χ1n) is 7.86. The van der Waals surface area contributed by atoms with E-state index >= 15 is 0 Å². The molecule has 3 rings (SSSR count). The van der Waals surface area contributed by atoms with E-state index in [1.807, 2.05) is 0 Å². The highest BCUT2D eigenvalue weighted by Crippen LogP contribution is 2.57. The number of unbranched alkanes of at least 4 members (excludes halogenated alkanes) is 1. The van der Waals surface area contributed by atoms with E-state index in [9.17, 15) is 18.7 Å². The maximum atomic E-state index is 14.3. The molecule has 22 heavy (non-hydrogen) atoms. The molecule has 0 amide bonds. The summed E-state index contributed by atoms with van der Waals surface area (Å²) in [6.07, 6.45) is 4.44. The topological polar surface area (TPSA) is 37.3 Å². The Kier molecular flexibility index (Phi) is 3.58. The fourth-order valence-corrected chi connectivity index (χ4v) is 4.10. The van der Waals surface area contributed by atoms with Gasteiger partial charge in [0.1, 0.15) is 0 Å². The first-order valence-corrected chi connectivity index (χ1v) is 7.86. The van der Waals surface area contributed by atoms with Gasteiger partial charge in [0, 0.05) is 17.4 Å². The Hall–Kier alpha value is -1.71. The van der Waals surface area contributed by atoms with E-state index in [1.54, 1.807) is 6.92 Å². The zero-order valence-electron chi connectivity index (χ0n) is 12.9. The quantitative estimate of drug-likeness (QED) is 0.890. The average Bonchev–Trinajstić information content (AvgIpc) is 2.82. The van der Waals surface area contributed by atoms with Crippen molar-refractivity contribution in [2.45, 2.75) is 52.4 Å². The summed E-state index contributed by atoms with van der Waals surface area (Å²) in [4.78, 5) is 12.1. The number of benzene rings is 1. The minimum atomic E-state index is -0.958. The zero-order valence-corrected chi connectivity index (χ0v) is 12.9. The molecule has 0 spiro atoms. The summed E-state index contributed by atoms with van der Waals surface area (Å²) in [7, 11) is 0. The Balaban J connectivity index is 2.23. The largest absolute Gasteiger partial charge is 0.503 e. The first kappa shape index (κ1) is 15.2. The van der Waals surface area contributed by atoms with Crippen molar-refractivity contribution in [3.8, 4) is 5.75 Å². The van der Waals surface area contributed by atoms with Gasteiger partial charge in [-0.1, -0.05) is 19.8 Å². The van der Waals surface area contributed by atoms with Crippen LogP contribution in [0.15, 0.2) is 11.6 Å². The predicted molar refractivity (Wildman–Crippen MR) is 80.5 cm³/mol. The van der Waals surface area contributed by atoms with Crippen LogP contribution >= 0.6 is 0 Å². The number of fused-ring (bicyclic) bond motifs is 3. The van der Waals surface area contributed by atoms with Gasteiger partial charge >= 0.3 is 0 Å². The van der Waals surface area contributed by atoms with Crippen LogP contribution in [0.4, 0.5) is 8.78 Å². The molecule has 1 aromatic carbocycles. The van der Waals surface area contributed by atoms with Gasteiger partial charge in [0.15, 0.2) is 23.2 Å². The Bertz CT molecular complexity index is 691. The third-order valence-electron chi connectivity index (χ3n) is 5.24. The second kappa shape index (κ2) is 5.18. The Labute approximate surface area is 128 Å². The Morgan fingerprint density at radius 2 is 2.09 bits per heavy atom. The van der Waals surface area contributed by atoms with Gasteiger partial charge in [-0.25, -0.2) is 8.78 Å². The molecular formula is C18H20F2O2. The minimum Gasteiger partial charge on any atom is -0.503 e. The van der Waals surface area contributed by atoms with Crippen LogP contribution in [0.2, 0.25) is 0 Å². The molecule has 0 aromatic heterocycles. The molecule has 4 heteroatoms. The molecule has 2 aliphatic rings. The van der Waals surface area contributed by atoms with E-state index < -0.39 is 17.4 Å². The summed E-state index contributed by atoms with van der Waals surface area (Å²) in [5.74, 6) is -2.68. The average molecular weight is 306 g/mol. The fraction of sp³-hybridized carbons (Fsp3) is 0.500. The van der Waals surface area contributed by atoms with Crippen LogP contribution in [0, 0.1) is 17.0 Å². The lowest BCUT2D eigenvalue weighted by atomic mass is 9.67. The molecule has 0 saturated heterocycles. The Morgan fingerprint density at radius 3 is 2.77 bits per heavy atom. The van der Waals surface area contributed by atoms with Crippen molar-refractivity contribution in [1.82, 2.24) is 0 Å². The number of rotatable bonds is 3. The molecule has 0 fully saturated rings. The highest BCUT2D eigenvalue weighted by molar-refractivity contribution is 6.06. The van der Waals surface area contributed by atoms with Gasteiger partial charge in [0.25, 0.3) is 0 Å². The molecular weight excluding hydrogens is 286 g/mol. The molecule has 2 aliphatic carbocycles. The number of phenols is 1. The van der Waals surface area contributed by atoms with E-state index in [4.69, 9.17) is 0 Å². The lowest BCUT2D eigenvalue weighted by Crippen LogP contribution is -2.28. The molecule has 0 aliphatic heterocycles. The SMILES string of the molecule is CCCCC12CCC(=O)C(C)=C1c1cc(F)c(O)c(F)c1C2. The molecule has 1 N–H and O–H groups in total. The lowest BCUT2D eigenvalue weighted by Gasteiger charge is -2.36. The van der Waals surface area contributed by atoms with Crippen LogP contribution in [0.3, 0.4) is 0 Å². The molecule has 118 valence electrons. The predicted octanol–water partition coefficient (Wildman–Crippen LogP) is 4.54. The number of allylic oxidation sites excluding steroid dienone is 2. The lowest BCUT2D eigenvalue weighted by molar-refractivity contribution is -0.116. The van der Waals surface area contributed by atoms with Gasteiger partial charge in [-0.3, -0.25) is 4.79 Å². The first-order chi connectivity index (χ1) is 10.4. The molecule has 0 bridgehead atoms. The minimum absolute atomic E-state index is 0.0591. The molecule has 0 saturated carbocycles. The van der Waals surface area contributed by atoms with Gasteiger partial charge in [-0.15, -0.1) is 0 Å². The number of phenolic OH excluding ortho intramolecular Hbond substituents is 1.